The number of hydrogen-bond acceptors (Lipinski definition) is 7. The van der Waals surface area contributed by atoms with Gasteiger partial charge in [-0.2, -0.15) is 0 Å². The van der Waals surface area contributed by atoms with Crippen molar-refractivity contribution in [2.24, 2.45) is 0 Å². The molecule has 11 heteroatoms. The molecule has 28 heavy (non-hydrogen) atoms. The van der Waals surface area contributed by atoms with Gasteiger partial charge >= 0.3 is 0 Å². The number of hydrogen-bond donors (Lipinski definition) is 1. The van der Waals surface area contributed by atoms with E-state index in [1.165, 1.54) is 42.5 Å². The second kappa shape index (κ2) is 7.19. The maximum absolute atomic E-state index is 12.5. The smallest absolute Gasteiger partial charge is 0.271 e. The normalized spacial score (nSPS) is 11.3. The number of non-ortho nitro benzene ring substituents is 1. The lowest BCUT2D eigenvalue weighted by Gasteiger charge is -2.08. The lowest BCUT2D eigenvalue weighted by molar-refractivity contribution is -0.384. The van der Waals surface area contributed by atoms with Crippen molar-refractivity contribution in [3.63, 3.8) is 0 Å². The highest BCUT2D eigenvalue weighted by molar-refractivity contribution is 7.90. The van der Waals surface area contributed by atoms with Crippen molar-refractivity contribution in [1.82, 2.24) is 9.55 Å². The number of benzene rings is 2. The van der Waals surface area contributed by atoms with Crippen molar-refractivity contribution >= 4 is 38.0 Å². The molecular weight excluding hydrogens is 388 g/mol. The molecule has 0 atom stereocenters. The Labute approximate surface area is 158 Å². The SMILES string of the molecule is CS(=O)(=O)c1ccc(NC(=O)Cn2cnc3cc([N+](=O)[O-])ccc3c2=O)cc1. The van der Waals surface area contributed by atoms with Crippen LogP contribution in [0.4, 0.5) is 11.4 Å². The van der Waals surface area contributed by atoms with Crippen LogP contribution in [0.15, 0.2) is 58.5 Å². The topological polar surface area (TPSA) is 141 Å². The molecule has 1 heterocycles. The Kier molecular flexibility index (Phi) is 4.92. The summed E-state index contributed by atoms with van der Waals surface area (Å²) in [6, 6.07) is 9.28. The minimum atomic E-state index is -3.34. The van der Waals surface area contributed by atoms with Crippen molar-refractivity contribution in [3.8, 4) is 0 Å². The molecule has 0 saturated carbocycles. The highest BCUT2D eigenvalue weighted by atomic mass is 32.2. The molecule has 0 aliphatic carbocycles. The third kappa shape index (κ3) is 4.04. The Morgan fingerprint density at radius 2 is 1.89 bits per heavy atom. The van der Waals surface area contributed by atoms with Crippen LogP contribution >= 0.6 is 0 Å². The first-order valence-electron chi connectivity index (χ1n) is 7.89. The first kappa shape index (κ1) is 19.2. The maximum atomic E-state index is 12.5. The third-order valence-corrected chi connectivity index (χ3v) is 5.03. The molecule has 0 saturated heterocycles. The summed E-state index contributed by atoms with van der Waals surface area (Å²) >= 11 is 0. The van der Waals surface area contributed by atoms with Gasteiger partial charge in [0.15, 0.2) is 9.84 Å². The van der Waals surface area contributed by atoms with Gasteiger partial charge in [-0.3, -0.25) is 24.3 Å². The van der Waals surface area contributed by atoms with Gasteiger partial charge in [0.25, 0.3) is 11.2 Å². The molecule has 0 aliphatic heterocycles. The number of nitrogens with one attached hydrogen (secondary N) is 1. The third-order valence-electron chi connectivity index (χ3n) is 3.90. The fourth-order valence-corrected chi connectivity index (χ4v) is 3.14. The van der Waals surface area contributed by atoms with Crippen molar-refractivity contribution in [2.45, 2.75) is 11.4 Å². The Bertz CT molecular complexity index is 1250. The lowest BCUT2D eigenvalue weighted by atomic mass is 10.2. The lowest BCUT2D eigenvalue weighted by Crippen LogP contribution is -2.27. The van der Waals surface area contributed by atoms with Crippen molar-refractivity contribution < 1.29 is 18.1 Å². The Hall–Kier alpha value is -3.60. The van der Waals surface area contributed by atoms with E-state index in [1.54, 1.807) is 0 Å². The quantitative estimate of drug-likeness (QED) is 0.501. The van der Waals surface area contributed by atoms with Crippen LogP contribution in [0.3, 0.4) is 0 Å². The summed E-state index contributed by atoms with van der Waals surface area (Å²) in [7, 11) is -3.34. The maximum Gasteiger partial charge on any atom is 0.271 e. The molecule has 0 radical (unpaired) electrons. The molecule has 0 bridgehead atoms. The van der Waals surface area contributed by atoms with Crippen LogP contribution < -0.4 is 10.9 Å². The Balaban J connectivity index is 1.79. The van der Waals surface area contributed by atoms with E-state index in [-0.39, 0.29) is 28.0 Å². The second-order valence-corrected chi connectivity index (χ2v) is 8.00. The van der Waals surface area contributed by atoms with Crippen molar-refractivity contribution in [3.05, 3.63) is 69.3 Å². The molecule has 2 aromatic carbocycles. The van der Waals surface area contributed by atoms with Gasteiger partial charge in [0.1, 0.15) is 6.54 Å². The first-order valence-corrected chi connectivity index (χ1v) is 9.78. The summed E-state index contributed by atoms with van der Waals surface area (Å²) in [5.74, 6) is -0.516. The van der Waals surface area contributed by atoms with Gasteiger partial charge in [-0.1, -0.05) is 0 Å². The molecule has 1 N–H and O–H groups in total. The number of nitrogens with zero attached hydrogens (tertiary/aromatic N) is 3. The van der Waals surface area contributed by atoms with Crippen LogP contribution in [-0.4, -0.2) is 35.1 Å². The second-order valence-electron chi connectivity index (χ2n) is 5.98. The molecule has 1 amide bonds. The fourth-order valence-electron chi connectivity index (χ4n) is 2.51. The molecule has 0 unspecified atom stereocenters. The van der Waals surface area contributed by atoms with E-state index in [0.29, 0.717) is 5.69 Å². The van der Waals surface area contributed by atoms with E-state index in [4.69, 9.17) is 0 Å². The van der Waals surface area contributed by atoms with Crippen LogP contribution in [0.5, 0.6) is 0 Å². The van der Waals surface area contributed by atoms with Crippen LogP contribution in [-0.2, 0) is 21.2 Å². The van der Waals surface area contributed by atoms with Gasteiger partial charge in [-0.25, -0.2) is 13.4 Å². The van der Waals surface area contributed by atoms with E-state index in [1.807, 2.05) is 0 Å². The van der Waals surface area contributed by atoms with Crippen molar-refractivity contribution in [2.75, 3.05) is 11.6 Å². The van der Waals surface area contributed by atoms with Gasteiger partial charge in [0, 0.05) is 24.1 Å². The fraction of sp³-hybridized carbons (Fsp3) is 0.118. The number of amides is 1. The molecule has 0 aliphatic rings. The zero-order valence-electron chi connectivity index (χ0n) is 14.5. The highest BCUT2D eigenvalue weighted by Crippen LogP contribution is 2.16. The van der Waals surface area contributed by atoms with Crippen LogP contribution in [0.1, 0.15) is 0 Å². The zero-order valence-corrected chi connectivity index (χ0v) is 15.3. The summed E-state index contributed by atoms with van der Waals surface area (Å²) in [4.78, 5) is 39.0. The Morgan fingerprint density at radius 1 is 1.21 bits per heavy atom. The first-order chi connectivity index (χ1) is 13.1. The van der Waals surface area contributed by atoms with E-state index >= 15 is 0 Å². The van der Waals surface area contributed by atoms with E-state index < -0.39 is 26.2 Å². The molecular formula is C17H14N4O6S. The van der Waals surface area contributed by atoms with Crippen molar-refractivity contribution in [1.29, 1.82) is 0 Å². The number of nitro groups is 1. The van der Waals surface area contributed by atoms with Crippen LogP contribution in [0, 0.1) is 10.1 Å². The Morgan fingerprint density at radius 3 is 2.50 bits per heavy atom. The van der Waals surface area contributed by atoms with E-state index in [0.717, 1.165) is 17.2 Å². The summed E-state index contributed by atoms with van der Waals surface area (Å²) in [6.45, 7) is -0.327. The average molecular weight is 402 g/mol. The largest absolute Gasteiger partial charge is 0.325 e. The predicted octanol–water partition coefficient (Wildman–Crippen LogP) is 1.35. The van der Waals surface area contributed by atoms with Gasteiger partial charge in [0.2, 0.25) is 5.91 Å². The molecule has 1 aromatic heterocycles. The minimum Gasteiger partial charge on any atom is -0.325 e. The number of anilines is 1. The molecule has 0 spiro atoms. The predicted molar refractivity (Wildman–Crippen MR) is 101 cm³/mol. The molecule has 0 fully saturated rings. The van der Waals surface area contributed by atoms with Gasteiger partial charge < -0.3 is 5.32 Å². The number of fused-ring (bicyclic) bond motifs is 1. The number of sulfone groups is 1. The molecule has 3 rings (SSSR count). The highest BCUT2D eigenvalue weighted by Gasteiger charge is 2.13. The summed E-state index contributed by atoms with van der Waals surface area (Å²) in [5.41, 5.74) is -0.169. The van der Waals surface area contributed by atoms with Crippen LogP contribution in [0.25, 0.3) is 10.9 Å². The van der Waals surface area contributed by atoms with Gasteiger partial charge in [-0.05, 0) is 30.3 Å². The standard InChI is InChI=1S/C17H14N4O6S/c1-28(26,27)13-5-2-11(3-6-13)19-16(22)9-20-10-18-15-8-12(21(24)25)4-7-14(15)17(20)23/h2-8,10H,9H2,1H3,(H,19,22). The monoisotopic (exact) mass is 402 g/mol. The van der Waals surface area contributed by atoms with E-state index in [2.05, 4.69) is 10.3 Å². The summed E-state index contributed by atoms with van der Waals surface area (Å²) < 4.78 is 24.0. The number of carbonyl (C=O) groups excluding carboxylic acids is 1. The number of rotatable bonds is 5. The average Bonchev–Trinajstić information content (AvgIpc) is 2.63. The van der Waals surface area contributed by atoms with Gasteiger partial charge in [0.05, 0.1) is 27.0 Å². The number of carbonyl (C=O) groups is 1. The van der Waals surface area contributed by atoms with Gasteiger partial charge in [-0.15, -0.1) is 0 Å². The number of nitro benzene ring substituents is 1. The number of aromatic nitrogens is 2. The molecule has 3 aromatic rings. The summed E-state index contributed by atoms with van der Waals surface area (Å²) in [6.07, 6.45) is 2.22. The minimum absolute atomic E-state index is 0.120. The zero-order chi connectivity index (χ0) is 20.5. The van der Waals surface area contributed by atoms with Crippen LogP contribution in [0.2, 0.25) is 0 Å². The van der Waals surface area contributed by atoms with E-state index in [9.17, 15) is 28.1 Å². The summed E-state index contributed by atoms with van der Waals surface area (Å²) in [5, 5.41) is 13.5. The molecule has 144 valence electrons. The molecule has 10 nitrogen and oxygen atoms in total.